The van der Waals surface area contributed by atoms with E-state index in [9.17, 15) is 23.1 Å². The number of hydrogen-bond donors (Lipinski definition) is 4. The first kappa shape index (κ1) is 22.9. The number of carbonyl (C=O) groups is 2. The van der Waals surface area contributed by atoms with E-state index in [2.05, 4.69) is 15.6 Å². The lowest BCUT2D eigenvalue weighted by atomic mass is 10.2. The largest absolute Gasteiger partial charge is 0.507 e. The van der Waals surface area contributed by atoms with Crippen LogP contribution in [-0.2, 0) is 10.0 Å². The fraction of sp³-hybridized carbons (Fsp3) is 0.0476. The Morgan fingerprint density at radius 2 is 1.59 bits per heavy atom. The normalized spacial score (nSPS) is 10.8. The summed E-state index contributed by atoms with van der Waals surface area (Å²) in [5, 5.41) is 9.60. The number of hydrogen-bond acceptors (Lipinski definition) is 6. The Kier molecular flexibility index (Phi) is 6.86. The monoisotopic (exact) mass is 475 g/mol. The van der Waals surface area contributed by atoms with E-state index in [0.717, 1.165) is 6.07 Å². The number of para-hydroxylation sites is 3. The van der Waals surface area contributed by atoms with Crippen LogP contribution in [0.4, 0.5) is 5.69 Å². The molecule has 0 aliphatic rings. The second-order valence-electron chi connectivity index (χ2n) is 6.38. The van der Waals surface area contributed by atoms with Gasteiger partial charge in [0.2, 0.25) is 0 Å². The van der Waals surface area contributed by atoms with Gasteiger partial charge in [0, 0.05) is 5.56 Å². The van der Waals surface area contributed by atoms with Crippen LogP contribution in [0.3, 0.4) is 0 Å². The number of nitrogens with one attached hydrogen (secondary N) is 3. The molecule has 3 aromatic carbocycles. The minimum Gasteiger partial charge on any atom is -0.507 e. The fourth-order valence-electron chi connectivity index (χ4n) is 2.70. The van der Waals surface area contributed by atoms with Gasteiger partial charge in [0.15, 0.2) is 0 Å². The van der Waals surface area contributed by atoms with E-state index in [0.29, 0.717) is 5.75 Å². The number of aromatic hydroxyl groups is 1. The summed E-state index contributed by atoms with van der Waals surface area (Å²) in [4.78, 5) is 24.2. The van der Waals surface area contributed by atoms with Gasteiger partial charge >= 0.3 is 0 Å². The summed E-state index contributed by atoms with van der Waals surface area (Å²) in [6.07, 6.45) is 0. The molecule has 0 bridgehead atoms. The highest BCUT2D eigenvalue weighted by molar-refractivity contribution is 7.92. The van der Waals surface area contributed by atoms with Crippen LogP contribution in [0.1, 0.15) is 20.7 Å². The van der Waals surface area contributed by atoms with Crippen molar-refractivity contribution in [1.29, 1.82) is 0 Å². The van der Waals surface area contributed by atoms with Gasteiger partial charge in [-0.1, -0.05) is 35.9 Å². The van der Waals surface area contributed by atoms with E-state index >= 15 is 0 Å². The number of halogens is 1. The number of benzene rings is 3. The zero-order chi connectivity index (χ0) is 23.3. The minimum absolute atomic E-state index is 0.0480. The van der Waals surface area contributed by atoms with Crippen LogP contribution in [0.25, 0.3) is 0 Å². The topological polar surface area (TPSA) is 134 Å². The van der Waals surface area contributed by atoms with Crippen LogP contribution in [0.15, 0.2) is 71.6 Å². The Labute approximate surface area is 189 Å². The molecule has 0 aliphatic carbocycles. The van der Waals surface area contributed by atoms with E-state index in [1.807, 2.05) is 0 Å². The standard InChI is InChI=1S/C21H18ClN3O6S/c1-31-18-9-5-3-7-16(18)25-32(29,30)19-12-13(10-11-15(19)22)20(27)23-24-21(28)14-6-2-4-8-17(14)26/h2-12,25-26H,1H3,(H,23,27)(H,24,28). The maximum absolute atomic E-state index is 12.9. The van der Waals surface area contributed by atoms with Crippen molar-refractivity contribution < 1.29 is 27.9 Å². The smallest absolute Gasteiger partial charge is 0.273 e. The molecule has 0 saturated heterocycles. The maximum atomic E-state index is 12.9. The molecule has 3 aromatic rings. The first-order valence-corrected chi connectivity index (χ1v) is 10.9. The van der Waals surface area contributed by atoms with Gasteiger partial charge in [-0.3, -0.25) is 25.2 Å². The van der Waals surface area contributed by atoms with Gasteiger partial charge in [-0.15, -0.1) is 0 Å². The fourth-order valence-corrected chi connectivity index (χ4v) is 4.30. The van der Waals surface area contributed by atoms with E-state index in [1.54, 1.807) is 30.3 Å². The number of rotatable bonds is 6. The van der Waals surface area contributed by atoms with Gasteiger partial charge in [-0.2, -0.15) is 0 Å². The van der Waals surface area contributed by atoms with Crippen LogP contribution >= 0.6 is 11.6 Å². The molecule has 0 atom stereocenters. The molecule has 0 fully saturated rings. The van der Waals surface area contributed by atoms with Gasteiger partial charge in [0.1, 0.15) is 16.4 Å². The van der Waals surface area contributed by atoms with E-state index < -0.39 is 21.8 Å². The zero-order valence-corrected chi connectivity index (χ0v) is 18.2. The molecule has 0 spiro atoms. The van der Waals surface area contributed by atoms with E-state index in [1.165, 1.54) is 37.4 Å². The summed E-state index contributed by atoms with van der Waals surface area (Å²) in [7, 11) is -2.78. The molecule has 0 radical (unpaired) electrons. The number of ether oxygens (including phenoxy) is 1. The number of phenolic OH excluding ortho intramolecular Hbond substituents is 1. The average molecular weight is 476 g/mol. The molecule has 0 aliphatic heterocycles. The van der Waals surface area contributed by atoms with Crippen molar-refractivity contribution in [3.05, 3.63) is 82.9 Å². The molecule has 166 valence electrons. The predicted octanol–water partition coefficient (Wildman–Crippen LogP) is 2.93. The number of anilines is 1. The number of hydrazine groups is 1. The Bertz CT molecular complexity index is 1280. The van der Waals surface area contributed by atoms with Gasteiger partial charge < -0.3 is 9.84 Å². The second kappa shape index (κ2) is 9.58. The lowest BCUT2D eigenvalue weighted by Crippen LogP contribution is -2.41. The molecule has 4 N–H and O–H groups in total. The Hall–Kier alpha value is -3.76. The van der Waals surface area contributed by atoms with E-state index in [4.69, 9.17) is 16.3 Å². The number of methoxy groups -OCH3 is 1. The van der Waals surface area contributed by atoms with Gasteiger partial charge in [-0.05, 0) is 42.5 Å². The van der Waals surface area contributed by atoms with Crippen molar-refractivity contribution in [2.24, 2.45) is 0 Å². The molecule has 0 saturated carbocycles. The molecule has 2 amide bonds. The summed E-state index contributed by atoms with van der Waals surface area (Å²) in [5.74, 6) is -1.51. The average Bonchev–Trinajstić information content (AvgIpc) is 2.77. The number of amides is 2. The summed E-state index contributed by atoms with van der Waals surface area (Å²) in [6, 6.07) is 15.8. The Balaban J connectivity index is 1.79. The van der Waals surface area contributed by atoms with Crippen molar-refractivity contribution >= 4 is 39.1 Å². The summed E-state index contributed by atoms with van der Waals surface area (Å²) >= 11 is 6.07. The molecule has 0 unspecified atom stereocenters. The van der Waals surface area contributed by atoms with Crippen molar-refractivity contribution in [3.63, 3.8) is 0 Å². The van der Waals surface area contributed by atoms with Crippen LogP contribution in [-0.4, -0.2) is 32.4 Å². The quantitative estimate of drug-likeness (QED) is 0.405. The van der Waals surface area contributed by atoms with Crippen LogP contribution in [0.5, 0.6) is 11.5 Å². The SMILES string of the molecule is COc1ccccc1NS(=O)(=O)c1cc(C(=O)NNC(=O)c2ccccc2O)ccc1Cl. The number of sulfonamides is 1. The zero-order valence-electron chi connectivity index (χ0n) is 16.6. The number of phenols is 1. The predicted molar refractivity (Wildman–Crippen MR) is 118 cm³/mol. The minimum atomic E-state index is -4.17. The van der Waals surface area contributed by atoms with Crippen molar-refractivity contribution in [2.75, 3.05) is 11.8 Å². The van der Waals surface area contributed by atoms with Gasteiger partial charge in [-0.25, -0.2) is 8.42 Å². The number of carbonyl (C=O) groups excluding carboxylic acids is 2. The third-order valence-corrected chi connectivity index (χ3v) is 6.12. The Morgan fingerprint density at radius 3 is 2.31 bits per heavy atom. The lowest BCUT2D eigenvalue weighted by molar-refractivity contribution is 0.0845. The first-order valence-electron chi connectivity index (χ1n) is 9.07. The van der Waals surface area contributed by atoms with Crippen LogP contribution in [0, 0.1) is 0 Å². The highest BCUT2D eigenvalue weighted by Crippen LogP contribution is 2.29. The third kappa shape index (κ3) is 5.10. The highest BCUT2D eigenvalue weighted by Gasteiger charge is 2.22. The molecular formula is C21H18ClN3O6S. The van der Waals surface area contributed by atoms with Gasteiger partial charge in [0.25, 0.3) is 21.8 Å². The van der Waals surface area contributed by atoms with Crippen molar-refractivity contribution in [1.82, 2.24) is 10.9 Å². The van der Waals surface area contributed by atoms with Crippen LogP contribution in [0.2, 0.25) is 5.02 Å². The molecule has 9 nitrogen and oxygen atoms in total. The third-order valence-electron chi connectivity index (χ3n) is 4.27. The highest BCUT2D eigenvalue weighted by atomic mass is 35.5. The van der Waals surface area contributed by atoms with Crippen molar-refractivity contribution in [2.45, 2.75) is 4.90 Å². The molecule has 11 heteroatoms. The molecule has 0 heterocycles. The summed E-state index contributed by atoms with van der Waals surface area (Å²) < 4.78 is 33.3. The first-order chi connectivity index (χ1) is 15.2. The second-order valence-corrected chi connectivity index (χ2v) is 8.43. The van der Waals surface area contributed by atoms with Gasteiger partial charge in [0.05, 0.1) is 23.4 Å². The molecule has 3 rings (SSSR count). The molecule has 32 heavy (non-hydrogen) atoms. The summed E-state index contributed by atoms with van der Waals surface area (Å²) in [5.41, 5.74) is 4.38. The lowest BCUT2D eigenvalue weighted by Gasteiger charge is -2.13. The summed E-state index contributed by atoms with van der Waals surface area (Å²) in [6.45, 7) is 0. The van der Waals surface area contributed by atoms with Crippen LogP contribution < -0.4 is 20.3 Å². The Morgan fingerprint density at radius 1 is 0.938 bits per heavy atom. The molecule has 0 aromatic heterocycles. The van der Waals surface area contributed by atoms with Crippen molar-refractivity contribution in [3.8, 4) is 11.5 Å². The van der Waals surface area contributed by atoms with E-state index in [-0.39, 0.29) is 32.5 Å². The molecular weight excluding hydrogens is 458 g/mol. The maximum Gasteiger partial charge on any atom is 0.273 e.